The van der Waals surface area contributed by atoms with Crippen LogP contribution in [0, 0.1) is 6.92 Å². The number of sulfonamides is 1. The lowest BCUT2D eigenvalue weighted by Crippen LogP contribution is -2.16. The zero-order valence-corrected chi connectivity index (χ0v) is 18.3. The molecule has 0 spiro atoms. The molecule has 0 atom stereocenters. The van der Waals surface area contributed by atoms with E-state index in [1.54, 1.807) is 61.5 Å². The van der Waals surface area contributed by atoms with Crippen LogP contribution in [0.2, 0.25) is 5.02 Å². The Kier molecular flexibility index (Phi) is 7.09. The first-order valence-corrected chi connectivity index (χ1v) is 11.4. The van der Waals surface area contributed by atoms with E-state index in [1.165, 1.54) is 12.1 Å². The van der Waals surface area contributed by atoms with E-state index in [1.807, 2.05) is 6.07 Å². The highest BCUT2D eigenvalue weighted by molar-refractivity contribution is 7.92. The van der Waals surface area contributed by atoms with Crippen LogP contribution in [0.1, 0.15) is 28.8 Å². The Morgan fingerprint density at radius 3 is 2.32 bits per heavy atom. The largest absolute Gasteiger partial charge is 0.326 e. The molecule has 6 nitrogen and oxygen atoms in total. The summed E-state index contributed by atoms with van der Waals surface area (Å²) in [7, 11) is -3.89. The minimum Gasteiger partial charge on any atom is -0.326 e. The van der Waals surface area contributed by atoms with Gasteiger partial charge in [0.05, 0.1) is 10.6 Å². The maximum Gasteiger partial charge on any atom is 0.262 e. The number of carbonyl (C=O) groups excluding carboxylic acids is 2. The van der Waals surface area contributed by atoms with Crippen LogP contribution in [0.15, 0.2) is 77.7 Å². The van der Waals surface area contributed by atoms with E-state index < -0.39 is 10.0 Å². The molecule has 2 N–H and O–H groups in total. The summed E-state index contributed by atoms with van der Waals surface area (Å²) in [5, 5.41) is 3.06. The fourth-order valence-corrected chi connectivity index (χ4v) is 4.46. The van der Waals surface area contributed by atoms with E-state index in [2.05, 4.69) is 10.0 Å². The first-order valence-electron chi connectivity index (χ1n) is 9.52. The van der Waals surface area contributed by atoms with Crippen LogP contribution in [0.4, 0.5) is 11.4 Å². The molecular weight excluding hydrogens is 436 g/mol. The van der Waals surface area contributed by atoms with Gasteiger partial charge in [0.25, 0.3) is 10.0 Å². The quantitative estimate of drug-likeness (QED) is 0.464. The summed E-state index contributed by atoms with van der Waals surface area (Å²) in [6, 6.07) is 19.7. The molecule has 0 unspecified atom stereocenters. The van der Waals surface area contributed by atoms with Crippen molar-refractivity contribution >= 4 is 44.7 Å². The van der Waals surface area contributed by atoms with Crippen LogP contribution in [0.3, 0.4) is 0 Å². The van der Waals surface area contributed by atoms with Crippen molar-refractivity contribution in [3.63, 3.8) is 0 Å². The van der Waals surface area contributed by atoms with Gasteiger partial charge in [0.1, 0.15) is 0 Å². The van der Waals surface area contributed by atoms with E-state index >= 15 is 0 Å². The highest BCUT2D eigenvalue weighted by Crippen LogP contribution is 2.24. The fraction of sp³-hybridized carbons (Fsp3) is 0.130. The molecule has 3 rings (SSSR count). The molecule has 0 fully saturated rings. The summed E-state index contributed by atoms with van der Waals surface area (Å²) < 4.78 is 28.1. The van der Waals surface area contributed by atoms with Crippen molar-refractivity contribution in [1.82, 2.24) is 0 Å². The molecule has 160 valence electrons. The molecule has 0 radical (unpaired) electrons. The van der Waals surface area contributed by atoms with E-state index in [-0.39, 0.29) is 29.4 Å². The average molecular weight is 457 g/mol. The molecule has 0 saturated heterocycles. The van der Waals surface area contributed by atoms with Gasteiger partial charge in [-0.05, 0) is 42.8 Å². The van der Waals surface area contributed by atoms with Crippen molar-refractivity contribution in [3.8, 4) is 0 Å². The van der Waals surface area contributed by atoms with Gasteiger partial charge in [-0.1, -0.05) is 54.1 Å². The minimum atomic E-state index is -3.89. The van der Waals surface area contributed by atoms with Crippen LogP contribution >= 0.6 is 11.6 Å². The summed E-state index contributed by atoms with van der Waals surface area (Å²) >= 11 is 5.92. The van der Waals surface area contributed by atoms with E-state index in [0.717, 1.165) is 0 Å². The number of anilines is 2. The second kappa shape index (κ2) is 9.76. The maximum absolute atomic E-state index is 12.8. The molecule has 0 bridgehead atoms. The van der Waals surface area contributed by atoms with E-state index in [4.69, 9.17) is 11.6 Å². The highest BCUT2D eigenvalue weighted by atomic mass is 35.5. The zero-order valence-electron chi connectivity index (χ0n) is 16.8. The van der Waals surface area contributed by atoms with Gasteiger partial charge >= 0.3 is 0 Å². The average Bonchev–Trinajstić information content (AvgIpc) is 2.73. The first-order chi connectivity index (χ1) is 14.7. The third kappa shape index (κ3) is 6.16. The summed E-state index contributed by atoms with van der Waals surface area (Å²) in [5.41, 5.74) is 1.73. The van der Waals surface area contributed by atoms with Gasteiger partial charge in [-0.3, -0.25) is 14.3 Å². The molecule has 0 aliphatic carbocycles. The van der Waals surface area contributed by atoms with Crippen LogP contribution in [-0.2, 0) is 14.8 Å². The fourth-order valence-electron chi connectivity index (χ4n) is 2.95. The minimum absolute atomic E-state index is 0.00947. The van der Waals surface area contributed by atoms with Gasteiger partial charge in [0, 0.05) is 29.1 Å². The molecule has 0 aromatic heterocycles. The molecule has 3 aromatic carbocycles. The van der Waals surface area contributed by atoms with Crippen molar-refractivity contribution in [2.24, 2.45) is 0 Å². The Balaban J connectivity index is 1.68. The molecule has 3 aromatic rings. The van der Waals surface area contributed by atoms with E-state index in [9.17, 15) is 18.0 Å². The Labute approximate surface area is 186 Å². The van der Waals surface area contributed by atoms with Crippen molar-refractivity contribution in [1.29, 1.82) is 0 Å². The molecule has 1 amide bonds. The standard InChI is InChI=1S/C23H21ClN2O4S/c1-16-10-11-19(25-23(28)13-12-21(27)17-6-3-2-4-7-17)15-22(16)31(29,30)26-20-9-5-8-18(24)14-20/h2-11,14-15,26H,12-13H2,1H3,(H,25,28). The third-order valence-electron chi connectivity index (χ3n) is 4.51. The predicted octanol–water partition coefficient (Wildman–Crippen LogP) is 5.05. The number of ketones is 1. The number of amides is 1. The van der Waals surface area contributed by atoms with Gasteiger partial charge in [0.15, 0.2) is 5.78 Å². The van der Waals surface area contributed by atoms with Gasteiger partial charge < -0.3 is 5.32 Å². The number of halogens is 1. The predicted molar refractivity (Wildman–Crippen MR) is 122 cm³/mol. The van der Waals surface area contributed by atoms with Crippen LogP contribution in [0.25, 0.3) is 0 Å². The lowest BCUT2D eigenvalue weighted by Gasteiger charge is -2.13. The molecule has 0 heterocycles. The summed E-state index contributed by atoms with van der Waals surface area (Å²) in [6.45, 7) is 1.66. The number of carbonyl (C=O) groups is 2. The normalized spacial score (nSPS) is 11.0. The van der Waals surface area contributed by atoms with Gasteiger partial charge in [0.2, 0.25) is 5.91 Å². The highest BCUT2D eigenvalue weighted by Gasteiger charge is 2.18. The molecule has 0 aliphatic rings. The van der Waals surface area contributed by atoms with Gasteiger partial charge in [-0.25, -0.2) is 8.42 Å². The first kappa shape index (κ1) is 22.5. The Morgan fingerprint density at radius 2 is 1.61 bits per heavy atom. The Bertz CT molecular complexity index is 1210. The number of rotatable bonds is 8. The second-order valence-corrected chi connectivity index (χ2v) is 9.02. The van der Waals surface area contributed by atoms with Crippen LogP contribution in [-0.4, -0.2) is 20.1 Å². The molecule has 0 aliphatic heterocycles. The Morgan fingerprint density at radius 1 is 0.871 bits per heavy atom. The van der Waals surface area contributed by atoms with Crippen molar-refractivity contribution in [2.45, 2.75) is 24.7 Å². The zero-order chi connectivity index (χ0) is 22.4. The van der Waals surface area contributed by atoms with Crippen LogP contribution in [0.5, 0.6) is 0 Å². The number of aryl methyl sites for hydroxylation is 1. The van der Waals surface area contributed by atoms with Crippen molar-refractivity contribution in [3.05, 3.63) is 88.9 Å². The number of hydrogen-bond acceptors (Lipinski definition) is 4. The second-order valence-electron chi connectivity index (χ2n) is 6.93. The summed E-state index contributed by atoms with van der Waals surface area (Å²) in [4.78, 5) is 24.5. The number of hydrogen-bond donors (Lipinski definition) is 2. The molecular formula is C23H21ClN2O4S. The lowest BCUT2D eigenvalue weighted by atomic mass is 10.1. The Hall–Kier alpha value is -3.16. The number of Topliss-reactive ketones (excluding diaryl/α,β-unsaturated/α-hetero) is 1. The molecule has 8 heteroatoms. The number of benzene rings is 3. The third-order valence-corrected chi connectivity index (χ3v) is 6.27. The van der Waals surface area contributed by atoms with Crippen molar-refractivity contribution in [2.75, 3.05) is 10.0 Å². The summed E-state index contributed by atoms with van der Waals surface area (Å²) in [5.74, 6) is -0.507. The van der Waals surface area contributed by atoms with Gasteiger partial charge in [-0.2, -0.15) is 0 Å². The van der Waals surface area contributed by atoms with E-state index in [0.29, 0.717) is 27.5 Å². The molecule has 31 heavy (non-hydrogen) atoms. The van der Waals surface area contributed by atoms with Gasteiger partial charge in [-0.15, -0.1) is 0 Å². The summed E-state index contributed by atoms with van der Waals surface area (Å²) in [6.07, 6.45) is 0.0492. The number of nitrogens with one attached hydrogen (secondary N) is 2. The monoisotopic (exact) mass is 456 g/mol. The van der Waals surface area contributed by atoms with Crippen LogP contribution < -0.4 is 10.0 Å². The SMILES string of the molecule is Cc1ccc(NC(=O)CCC(=O)c2ccccc2)cc1S(=O)(=O)Nc1cccc(Cl)c1. The smallest absolute Gasteiger partial charge is 0.262 e. The topological polar surface area (TPSA) is 92.3 Å². The maximum atomic E-state index is 12.8. The van der Waals surface area contributed by atoms with Crippen molar-refractivity contribution < 1.29 is 18.0 Å². The lowest BCUT2D eigenvalue weighted by molar-refractivity contribution is -0.116. The molecule has 0 saturated carbocycles.